The van der Waals surface area contributed by atoms with Gasteiger partial charge < -0.3 is 4.74 Å². The highest BCUT2D eigenvalue weighted by atomic mass is 35.5. The quantitative estimate of drug-likeness (QED) is 0.776. The summed E-state index contributed by atoms with van der Waals surface area (Å²) < 4.78 is 29.6. The van der Waals surface area contributed by atoms with Gasteiger partial charge >= 0.3 is 0 Å². The normalized spacial score (nSPS) is 18.7. The number of likely N-dealkylation sites (tertiary alicyclic amines) is 1. The molecule has 1 saturated heterocycles. The molecule has 5 nitrogen and oxygen atoms in total. The Kier molecular flexibility index (Phi) is 5.85. The lowest BCUT2D eigenvalue weighted by Gasteiger charge is -2.33. The Morgan fingerprint density at radius 3 is 2.88 bits per heavy atom. The number of sulfone groups is 1. The highest BCUT2D eigenvalue weighted by molar-refractivity contribution is 7.90. The van der Waals surface area contributed by atoms with Crippen LogP contribution in [0.1, 0.15) is 30.0 Å². The van der Waals surface area contributed by atoms with Crippen LogP contribution in [0.4, 0.5) is 0 Å². The zero-order valence-corrected chi connectivity index (χ0v) is 16.6. The van der Waals surface area contributed by atoms with Gasteiger partial charge in [0.05, 0.1) is 22.7 Å². The molecule has 0 radical (unpaired) electrons. The second kappa shape index (κ2) is 7.94. The van der Waals surface area contributed by atoms with Gasteiger partial charge in [-0.1, -0.05) is 23.7 Å². The Bertz CT molecular complexity index is 886. The fourth-order valence-electron chi connectivity index (χ4n) is 3.49. The summed E-state index contributed by atoms with van der Waals surface area (Å²) in [5.41, 5.74) is 1.81. The highest BCUT2D eigenvalue weighted by Gasteiger charge is 2.27. The van der Waals surface area contributed by atoms with Gasteiger partial charge in [-0.3, -0.25) is 9.88 Å². The molecular weight excluding hydrogens is 372 g/mol. The average molecular weight is 395 g/mol. The summed E-state index contributed by atoms with van der Waals surface area (Å²) in [4.78, 5) is 6.97. The fraction of sp³-hybridized carbons (Fsp3) is 0.421. The number of hydrogen-bond donors (Lipinski definition) is 0. The number of nitrogens with zero attached hydrogens (tertiary/aromatic N) is 2. The second-order valence-corrected chi connectivity index (χ2v) is 9.16. The molecule has 0 unspecified atom stereocenters. The zero-order valence-electron chi connectivity index (χ0n) is 15.0. The molecule has 1 aromatic heterocycles. The van der Waals surface area contributed by atoms with E-state index in [-0.39, 0.29) is 10.8 Å². The Hall–Kier alpha value is -1.63. The van der Waals surface area contributed by atoms with Gasteiger partial charge in [-0.2, -0.15) is 0 Å². The number of piperidine rings is 1. The molecule has 2 heterocycles. The number of halogens is 1. The molecule has 1 atom stereocenters. The van der Waals surface area contributed by atoms with E-state index in [4.69, 9.17) is 16.3 Å². The topological polar surface area (TPSA) is 59.5 Å². The van der Waals surface area contributed by atoms with Crippen molar-refractivity contribution >= 4 is 21.4 Å². The molecule has 140 valence electrons. The Labute approximate surface area is 159 Å². The van der Waals surface area contributed by atoms with E-state index >= 15 is 0 Å². The third kappa shape index (κ3) is 4.55. The maximum atomic E-state index is 12.2. The van der Waals surface area contributed by atoms with Crippen LogP contribution in [0.2, 0.25) is 5.02 Å². The summed E-state index contributed by atoms with van der Waals surface area (Å²) >= 11 is 5.98. The van der Waals surface area contributed by atoms with Gasteiger partial charge in [0.15, 0.2) is 9.84 Å². The Morgan fingerprint density at radius 1 is 1.35 bits per heavy atom. The molecule has 0 N–H and O–H groups in total. The lowest BCUT2D eigenvalue weighted by molar-refractivity contribution is 0.197. The summed E-state index contributed by atoms with van der Waals surface area (Å²) in [6.45, 7) is 2.55. The molecule has 3 rings (SSSR count). The van der Waals surface area contributed by atoms with Crippen molar-refractivity contribution in [2.24, 2.45) is 0 Å². The van der Waals surface area contributed by atoms with Gasteiger partial charge in [0.2, 0.25) is 0 Å². The monoisotopic (exact) mass is 394 g/mol. The van der Waals surface area contributed by atoms with Crippen molar-refractivity contribution in [2.75, 3.05) is 26.5 Å². The van der Waals surface area contributed by atoms with E-state index in [2.05, 4.69) is 16.0 Å². The van der Waals surface area contributed by atoms with Crippen LogP contribution in [0.15, 0.2) is 41.4 Å². The zero-order chi connectivity index (χ0) is 18.7. The number of hydrogen-bond acceptors (Lipinski definition) is 5. The van der Waals surface area contributed by atoms with Gasteiger partial charge in [0.25, 0.3) is 0 Å². The van der Waals surface area contributed by atoms with E-state index in [0.717, 1.165) is 38.2 Å². The van der Waals surface area contributed by atoms with Crippen LogP contribution in [0, 0.1) is 0 Å². The van der Waals surface area contributed by atoms with E-state index in [9.17, 15) is 8.42 Å². The van der Waals surface area contributed by atoms with Crippen molar-refractivity contribution in [3.63, 3.8) is 0 Å². The highest BCUT2D eigenvalue weighted by Crippen LogP contribution is 2.32. The predicted octanol–water partition coefficient (Wildman–Crippen LogP) is 3.53. The molecule has 0 aliphatic carbocycles. The predicted molar refractivity (Wildman–Crippen MR) is 103 cm³/mol. The van der Waals surface area contributed by atoms with E-state index in [1.165, 1.54) is 24.1 Å². The first-order valence-electron chi connectivity index (χ1n) is 8.57. The summed E-state index contributed by atoms with van der Waals surface area (Å²) in [5, 5.41) is 0.346. The average Bonchev–Trinajstić information content (AvgIpc) is 2.61. The van der Waals surface area contributed by atoms with Crippen molar-refractivity contribution in [1.29, 1.82) is 0 Å². The number of rotatable bonds is 5. The maximum absolute atomic E-state index is 12.2. The third-order valence-electron chi connectivity index (χ3n) is 4.68. The number of aromatic nitrogens is 1. The van der Waals surface area contributed by atoms with Gasteiger partial charge in [-0.05, 0) is 43.1 Å². The second-order valence-electron chi connectivity index (χ2n) is 6.73. The Morgan fingerprint density at radius 2 is 2.15 bits per heavy atom. The minimum atomic E-state index is -3.37. The van der Waals surface area contributed by atoms with Crippen LogP contribution in [0.25, 0.3) is 0 Å². The molecule has 1 aromatic carbocycles. The first-order chi connectivity index (χ1) is 12.4. The number of ether oxygens (including phenoxy) is 1. The van der Waals surface area contributed by atoms with Crippen molar-refractivity contribution in [3.05, 3.63) is 52.8 Å². The molecule has 0 bridgehead atoms. The number of pyridine rings is 1. The van der Waals surface area contributed by atoms with Crippen molar-refractivity contribution in [2.45, 2.75) is 30.2 Å². The molecule has 1 fully saturated rings. The van der Waals surface area contributed by atoms with E-state index in [1.807, 2.05) is 18.2 Å². The number of benzene rings is 1. The van der Waals surface area contributed by atoms with Gasteiger partial charge in [0, 0.05) is 31.5 Å². The first-order valence-corrected chi connectivity index (χ1v) is 10.8. The van der Waals surface area contributed by atoms with Crippen LogP contribution >= 0.6 is 11.6 Å². The Balaban J connectivity index is 1.81. The van der Waals surface area contributed by atoms with Crippen LogP contribution in [0.5, 0.6) is 5.75 Å². The SMILES string of the molecule is COc1cccc(CN2CCC[C@H](c3ncc(Cl)cc3S(C)(=O)=O)C2)c1. The summed E-state index contributed by atoms with van der Waals surface area (Å²) in [5.74, 6) is 0.922. The minimum Gasteiger partial charge on any atom is -0.497 e. The largest absolute Gasteiger partial charge is 0.497 e. The molecule has 1 aliphatic heterocycles. The van der Waals surface area contributed by atoms with Gasteiger partial charge in [-0.15, -0.1) is 0 Å². The third-order valence-corrected chi connectivity index (χ3v) is 6.01. The van der Waals surface area contributed by atoms with Crippen LogP contribution in [0.3, 0.4) is 0 Å². The molecule has 0 spiro atoms. The lowest BCUT2D eigenvalue weighted by Crippen LogP contribution is -2.34. The van der Waals surface area contributed by atoms with Crippen molar-refractivity contribution in [1.82, 2.24) is 9.88 Å². The van der Waals surface area contributed by atoms with Crippen molar-refractivity contribution < 1.29 is 13.2 Å². The molecule has 2 aromatic rings. The lowest BCUT2D eigenvalue weighted by atomic mass is 9.94. The molecular formula is C19H23ClN2O3S. The molecule has 26 heavy (non-hydrogen) atoms. The standard InChI is InChI=1S/C19H23ClN2O3S/c1-25-17-7-3-5-14(9-17)12-22-8-4-6-15(13-22)19-18(26(2,23)24)10-16(20)11-21-19/h3,5,7,9-11,15H,4,6,8,12-13H2,1-2H3/t15-/m0/s1. The minimum absolute atomic E-state index is 0.0800. The van der Waals surface area contributed by atoms with Crippen LogP contribution < -0.4 is 4.74 Å². The number of methoxy groups -OCH3 is 1. The molecule has 0 amide bonds. The van der Waals surface area contributed by atoms with Crippen LogP contribution in [-0.2, 0) is 16.4 Å². The van der Waals surface area contributed by atoms with Gasteiger partial charge in [0.1, 0.15) is 5.75 Å². The van der Waals surface area contributed by atoms with E-state index < -0.39 is 9.84 Å². The van der Waals surface area contributed by atoms with Crippen molar-refractivity contribution in [3.8, 4) is 5.75 Å². The smallest absolute Gasteiger partial charge is 0.177 e. The van der Waals surface area contributed by atoms with E-state index in [0.29, 0.717) is 10.7 Å². The maximum Gasteiger partial charge on any atom is 0.177 e. The summed E-state index contributed by atoms with van der Waals surface area (Å²) in [6.07, 6.45) is 4.67. The first kappa shape index (κ1) is 19.1. The molecule has 0 saturated carbocycles. The fourth-order valence-corrected chi connectivity index (χ4v) is 4.65. The summed E-state index contributed by atoms with van der Waals surface area (Å²) in [6, 6.07) is 9.54. The van der Waals surface area contributed by atoms with Gasteiger partial charge in [-0.25, -0.2) is 8.42 Å². The molecule has 1 aliphatic rings. The van der Waals surface area contributed by atoms with Crippen LogP contribution in [-0.4, -0.2) is 44.8 Å². The summed E-state index contributed by atoms with van der Waals surface area (Å²) in [7, 11) is -1.71. The molecule has 7 heteroatoms. The van der Waals surface area contributed by atoms with E-state index in [1.54, 1.807) is 7.11 Å².